The zero-order valence-electron chi connectivity index (χ0n) is 65.1. The topological polar surface area (TPSA) is 237 Å². The highest BCUT2D eigenvalue weighted by Gasteiger charge is 2.30. The Morgan fingerprint density at radius 3 is 0.626 bits per heavy atom. The number of rotatable bonds is 77. The third-order valence-electron chi connectivity index (χ3n) is 18.6. The van der Waals surface area contributed by atoms with E-state index in [9.17, 15) is 43.2 Å². The average Bonchev–Trinajstić information content (AvgIpc) is 1.31. The van der Waals surface area contributed by atoms with Gasteiger partial charge in [0.2, 0.25) is 0 Å². The van der Waals surface area contributed by atoms with Gasteiger partial charge in [0.15, 0.2) is 12.2 Å². The fourth-order valence-corrected chi connectivity index (χ4v) is 13.8. The highest BCUT2D eigenvalue weighted by molar-refractivity contribution is 7.47. The van der Waals surface area contributed by atoms with Crippen molar-refractivity contribution >= 4 is 39.5 Å². The second-order valence-electron chi connectivity index (χ2n) is 30.7. The van der Waals surface area contributed by atoms with Crippen LogP contribution in [0.1, 0.15) is 409 Å². The van der Waals surface area contributed by atoms with Crippen molar-refractivity contribution < 1.29 is 80.2 Å². The molecule has 19 heteroatoms. The lowest BCUT2D eigenvalue weighted by Gasteiger charge is -2.21. The summed E-state index contributed by atoms with van der Waals surface area (Å²) in [6.07, 6.45) is 56.0. The molecule has 3 unspecified atom stereocenters. The van der Waals surface area contributed by atoms with Crippen molar-refractivity contribution in [1.82, 2.24) is 0 Å². The molecule has 0 aliphatic carbocycles. The Morgan fingerprint density at radius 2 is 0.424 bits per heavy atom. The molecule has 0 saturated carbocycles. The van der Waals surface area contributed by atoms with E-state index in [1.54, 1.807) is 0 Å². The Labute approximate surface area is 607 Å². The van der Waals surface area contributed by atoms with Crippen LogP contribution < -0.4 is 0 Å². The third-order valence-corrected chi connectivity index (χ3v) is 20.5. The second kappa shape index (κ2) is 69.1. The Morgan fingerprint density at radius 1 is 0.253 bits per heavy atom. The molecule has 0 saturated heterocycles. The zero-order chi connectivity index (χ0) is 73.1. The maximum absolute atomic E-state index is 13.1. The lowest BCUT2D eigenvalue weighted by molar-refractivity contribution is -0.161. The Hall–Kier alpha value is -1.94. The van der Waals surface area contributed by atoms with Gasteiger partial charge in [-0.3, -0.25) is 37.3 Å². The van der Waals surface area contributed by atoms with Crippen LogP contribution in [0.15, 0.2) is 0 Å². The third kappa shape index (κ3) is 74.1. The van der Waals surface area contributed by atoms with E-state index in [0.29, 0.717) is 37.5 Å². The monoisotopic (exact) mass is 1450 g/mol. The maximum Gasteiger partial charge on any atom is 0.472 e. The molecule has 17 nitrogen and oxygen atoms in total. The Bertz CT molecular complexity index is 1940. The van der Waals surface area contributed by atoms with Crippen LogP contribution in [0.3, 0.4) is 0 Å². The summed E-state index contributed by atoms with van der Waals surface area (Å²) in [5, 5.41) is 10.6. The maximum atomic E-state index is 13.1. The van der Waals surface area contributed by atoms with E-state index in [1.807, 2.05) is 0 Å². The van der Waals surface area contributed by atoms with E-state index in [2.05, 4.69) is 55.4 Å². The van der Waals surface area contributed by atoms with Crippen molar-refractivity contribution in [1.29, 1.82) is 0 Å². The van der Waals surface area contributed by atoms with Crippen LogP contribution in [0.2, 0.25) is 0 Å². The quantitative estimate of drug-likeness (QED) is 0.0222. The molecule has 99 heavy (non-hydrogen) atoms. The number of phosphoric acid groups is 2. The molecule has 0 rings (SSSR count). The number of carbonyl (C=O) groups excluding carboxylic acids is 4. The number of aliphatic hydroxyl groups excluding tert-OH is 1. The van der Waals surface area contributed by atoms with Gasteiger partial charge in [-0.1, -0.05) is 357 Å². The number of hydrogen-bond acceptors (Lipinski definition) is 15. The van der Waals surface area contributed by atoms with Gasteiger partial charge < -0.3 is 33.8 Å². The smallest absolute Gasteiger partial charge is 0.462 e. The fraction of sp³-hybridized carbons (Fsp3) is 0.950. The number of carbonyl (C=O) groups is 4. The van der Waals surface area contributed by atoms with Crippen molar-refractivity contribution in [3.05, 3.63) is 0 Å². The molecular weight excluding hydrogens is 1290 g/mol. The van der Waals surface area contributed by atoms with E-state index in [0.717, 1.165) is 108 Å². The van der Waals surface area contributed by atoms with Crippen LogP contribution in [0.25, 0.3) is 0 Å². The standard InChI is InChI=1S/C80H156O17P2/c1-70(2)56-48-40-32-27-23-19-15-11-9-10-12-17-21-25-29-35-44-52-60-77(82)90-67-76(97-80(85)63-55-47-39-38-43-51-59-73(7)8)69-95-99(88,89)93-65-74(81)64-92-98(86,87)94-68-75(66-91-78(83)61-53-45-37-31-34-42-50-58-72(5)6)96-79(84)62-54-46-36-30-26-22-18-14-13-16-20-24-28-33-41-49-57-71(3)4/h70-76,81H,9-69H2,1-8H3,(H,86,87)(H,88,89)/t74?,75-,76-/m1/s1. The molecule has 588 valence electrons. The molecule has 0 aromatic heterocycles. The van der Waals surface area contributed by atoms with Crippen molar-refractivity contribution in [3.63, 3.8) is 0 Å². The Kier molecular flexibility index (Phi) is 67.8. The van der Waals surface area contributed by atoms with Crippen LogP contribution in [0.4, 0.5) is 0 Å². The summed E-state index contributed by atoms with van der Waals surface area (Å²) in [5.41, 5.74) is 0. The summed E-state index contributed by atoms with van der Waals surface area (Å²) >= 11 is 0. The first-order chi connectivity index (χ1) is 47.6. The van der Waals surface area contributed by atoms with Gasteiger partial charge in [0.05, 0.1) is 26.4 Å². The lowest BCUT2D eigenvalue weighted by Crippen LogP contribution is -2.30. The molecule has 0 aliphatic rings. The van der Waals surface area contributed by atoms with Crippen LogP contribution in [0.5, 0.6) is 0 Å². The van der Waals surface area contributed by atoms with E-state index in [1.165, 1.54) is 205 Å². The first kappa shape index (κ1) is 97.1. The molecule has 0 aliphatic heterocycles. The van der Waals surface area contributed by atoms with Crippen molar-refractivity contribution in [2.75, 3.05) is 39.6 Å². The minimum absolute atomic E-state index is 0.102. The average molecular weight is 1450 g/mol. The van der Waals surface area contributed by atoms with Crippen LogP contribution in [-0.2, 0) is 65.4 Å². The first-order valence-electron chi connectivity index (χ1n) is 41.2. The van der Waals surface area contributed by atoms with E-state index >= 15 is 0 Å². The summed E-state index contributed by atoms with van der Waals surface area (Å²) in [4.78, 5) is 72.8. The summed E-state index contributed by atoms with van der Waals surface area (Å²) in [6, 6.07) is 0. The highest BCUT2D eigenvalue weighted by atomic mass is 31.2. The van der Waals surface area contributed by atoms with Crippen molar-refractivity contribution in [2.45, 2.75) is 427 Å². The normalized spacial score (nSPS) is 14.1. The number of aliphatic hydroxyl groups is 1. The van der Waals surface area contributed by atoms with Gasteiger partial charge in [-0.05, 0) is 49.4 Å². The molecule has 0 radical (unpaired) electrons. The zero-order valence-corrected chi connectivity index (χ0v) is 66.9. The van der Waals surface area contributed by atoms with Crippen LogP contribution >= 0.6 is 15.6 Å². The minimum atomic E-state index is -4.96. The van der Waals surface area contributed by atoms with Gasteiger partial charge in [-0.2, -0.15) is 0 Å². The number of unbranched alkanes of at least 4 members (excludes halogenated alkanes) is 43. The number of esters is 4. The largest absolute Gasteiger partial charge is 0.472 e. The molecule has 0 amide bonds. The highest BCUT2D eigenvalue weighted by Crippen LogP contribution is 2.45. The van der Waals surface area contributed by atoms with Gasteiger partial charge in [0.25, 0.3) is 0 Å². The van der Waals surface area contributed by atoms with Gasteiger partial charge >= 0.3 is 39.5 Å². The van der Waals surface area contributed by atoms with Gasteiger partial charge in [0.1, 0.15) is 19.3 Å². The van der Waals surface area contributed by atoms with E-state index in [-0.39, 0.29) is 25.7 Å². The molecule has 0 spiro atoms. The molecule has 0 heterocycles. The Balaban J connectivity index is 5.11. The molecule has 5 atom stereocenters. The van der Waals surface area contributed by atoms with E-state index in [4.69, 9.17) is 37.0 Å². The van der Waals surface area contributed by atoms with Crippen molar-refractivity contribution in [3.8, 4) is 0 Å². The second-order valence-corrected chi connectivity index (χ2v) is 33.6. The summed E-state index contributed by atoms with van der Waals surface area (Å²) < 4.78 is 68.5. The predicted molar refractivity (Wildman–Crippen MR) is 404 cm³/mol. The SMILES string of the molecule is CC(C)CCCCCCCCCCCCCCCCCCCCC(=O)OC[C@H](COP(=O)(O)OCC(O)COP(=O)(O)OC[C@@H](COC(=O)CCCCCCCCCC(C)C)OC(=O)CCCCCCCCCCCCCCCCCCC(C)C)OC(=O)CCCCCCCCC(C)C. The summed E-state index contributed by atoms with van der Waals surface area (Å²) in [7, 11) is -9.91. The fourth-order valence-electron chi connectivity index (χ4n) is 12.3. The first-order valence-corrected chi connectivity index (χ1v) is 44.2. The number of hydrogen-bond donors (Lipinski definition) is 3. The molecule has 0 fully saturated rings. The van der Waals surface area contributed by atoms with Crippen LogP contribution in [-0.4, -0.2) is 96.7 Å². The van der Waals surface area contributed by atoms with Crippen LogP contribution in [0, 0.1) is 23.7 Å². The van der Waals surface area contributed by atoms with Gasteiger partial charge in [-0.15, -0.1) is 0 Å². The van der Waals surface area contributed by atoms with Crippen molar-refractivity contribution in [2.24, 2.45) is 23.7 Å². The van der Waals surface area contributed by atoms with E-state index < -0.39 is 97.5 Å². The summed E-state index contributed by atoms with van der Waals surface area (Å²) in [5.74, 6) is 0.884. The van der Waals surface area contributed by atoms with Gasteiger partial charge in [0, 0.05) is 25.7 Å². The molecule has 0 aromatic carbocycles. The molecule has 0 bridgehead atoms. The summed E-state index contributed by atoms with van der Waals surface area (Å²) in [6.45, 7) is 14.1. The van der Waals surface area contributed by atoms with Gasteiger partial charge in [-0.25, -0.2) is 9.13 Å². The number of phosphoric ester groups is 2. The number of ether oxygens (including phenoxy) is 4. The molecular formula is C80H156O17P2. The molecule has 0 aromatic rings. The molecule has 3 N–H and O–H groups in total. The minimum Gasteiger partial charge on any atom is -0.462 e. The predicted octanol–water partition coefficient (Wildman–Crippen LogP) is 23.6. The lowest BCUT2D eigenvalue weighted by atomic mass is 10.0.